The number of piperidine rings is 3. The molecular weight excluding hydrogens is 799 g/mol. The molecule has 6 aliphatic rings. The Morgan fingerprint density at radius 1 is 0.762 bits per heavy atom. The third-order valence-electron chi connectivity index (χ3n) is 14.8. The van der Waals surface area contributed by atoms with E-state index in [1.165, 1.54) is 0 Å². The Labute approximate surface area is 366 Å². The van der Waals surface area contributed by atoms with Gasteiger partial charge in [-0.3, -0.25) is 34.2 Å². The molecule has 0 saturated carbocycles. The zero-order valence-corrected chi connectivity index (χ0v) is 35.4. The summed E-state index contributed by atoms with van der Waals surface area (Å²) in [5.41, 5.74) is 10.3. The predicted molar refractivity (Wildman–Crippen MR) is 236 cm³/mol. The highest BCUT2D eigenvalue weighted by Gasteiger charge is 2.54. The molecule has 1 unspecified atom stereocenters. The molecule has 63 heavy (non-hydrogen) atoms. The molecule has 7 heterocycles. The van der Waals surface area contributed by atoms with Gasteiger partial charge in [-0.25, -0.2) is 0 Å². The minimum absolute atomic E-state index is 0.0918. The van der Waals surface area contributed by atoms with Crippen molar-refractivity contribution in [2.45, 2.75) is 62.8 Å². The monoisotopic (exact) mass is 851 g/mol. The van der Waals surface area contributed by atoms with Gasteiger partial charge in [0.1, 0.15) is 11.8 Å². The number of anilines is 3. The van der Waals surface area contributed by atoms with Gasteiger partial charge in [0.05, 0.1) is 27.9 Å². The van der Waals surface area contributed by atoms with Crippen molar-refractivity contribution in [2.24, 2.45) is 11.3 Å². The molecule has 5 amide bonds. The molecule has 5 fully saturated rings. The van der Waals surface area contributed by atoms with Crippen LogP contribution in [0, 0.1) is 11.3 Å². The number of nitrogens with two attached hydrogens (primary N) is 1. The Hall–Kier alpha value is -6.35. The zero-order valence-electron chi connectivity index (χ0n) is 35.4. The summed E-state index contributed by atoms with van der Waals surface area (Å²) >= 11 is 0. The minimum Gasteiger partial charge on any atom is -0.507 e. The highest BCUT2D eigenvalue weighted by atomic mass is 16.3. The summed E-state index contributed by atoms with van der Waals surface area (Å²) in [5.74, 6) is -0.707. The molecule has 0 bridgehead atoms. The first-order valence-corrected chi connectivity index (χ1v) is 22.4. The van der Waals surface area contributed by atoms with E-state index in [2.05, 4.69) is 47.2 Å². The number of likely N-dealkylation sites (tertiary alicyclic amines) is 2. The van der Waals surface area contributed by atoms with Gasteiger partial charge in [0.2, 0.25) is 17.7 Å². The van der Waals surface area contributed by atoms with Gasteiger partial charge in [-0.05, 0) is 106 Å². The van der Waals surface area contributed by atoms with Gasteiger partial charge in [0.15, 0.2) is 5.82 Å². The lowest BCUT2D eigenvalue weighted by molar-refractivity contribution is -0.150. The van der Waals surface area contributed by atoms with Crippen LogP contribution in [0.3, 0.4) is 0 Å². The molecule has 1 spiro atoms. The first kappa shape index (κ1) is 40.7. The molecule has 326 valence electrons. The first-order valence-electron chi connectivity index (χ1n) is 22.4. The number of phenols is 1. The fraction of sp³-hybridized carbons (Fsp3) is 0.438. The van der Waals surface area contributed by atoms with Crippen molar-refractivity contribution < 1.29 is 29.1 Å². The average molecular weight is 852 g/mol. The number of nitrogens with zero attached hydrogens (tertiary/aromatic N) is 7. The number of nitrogens with one attached hydrogen (secondary N) is 1. The van der Waals surface area contributed by atoms with E-state index in [-0.39, 0.29) is 29.9 Å². The van der Waals surface area contributed by atoms with Gasteiger partial charge in [0.25, 0.3) is 11.8 Å². The average Bonchev–Trinajstić information content (AvgIpc) is 3.84. The fourth-order valence-corrected chi connectivity index (χ4v) is 11.2. The number of hydrogen-bond acceptors (Lipinski definition) is 12. The van der Waals surface area contributed by atoms with Crippen LogP contribution in [0.1, 0.15) is 77.6 Å². The van der Waals surface area contributed by atoms with Gasteiger partial charge in [-0.15, -0.1) is 10.2 Å². The van der Waals surface area contributed by atoms with Crippen LogP contribution < -0.4 is 20.9 Å². The lowest BCUT2D eigenvalue weighted by Crippen LogP contribution is -2.64. The van der Waals surface area contributed by atoms with E-state index in [1.54, 1.807) is 30.3 Å². The Bertz CT molecular complexity index is 2470. The highest BCUT2D eigenvalue weighted by Crippen LogP contribution is 2.46. The summed E-state index contributed by atoms with van der Waals surface area (Å²) in [6.07, 6.45) is 5.80. The molecule has 15 heteroatoms. The summed E-state index contributed by atoms with van der Waals surface area (Å²) in [6, 6.07) is 23.6. The molecule has 0 radical (unpaired) electrons. The van der Waals surface area contributed by atoms with E-state index in [9.17, 15) is 29.1 Å². The van der Waals surface area contributed by atoms with E-state index < -0.39 is 35.1 Å². The maximum atomic E-state index is 14.7. The SMILES string of the molecule is Nc1nnc(-c2ccccc2O)cc1N1CCC(C(=O)N2CC3(CCN(CCC4CCN(c5ccc6c(c5)C(=O)N(C5CCC(=O)NC5=O)C6=O)CC4)C3)C2)(c2ccccc2)CC1. The Morgan fingerprint density at radius 2 is 1.49 bits per heavy atom. The molecular formula is C48H53N9O6. The number of fused-ring (bicyclic) bond motifs is 1. The number of hydrogen-bond donors (Lipinski definition) is 3. The number of imide groups is 2. The van der Waals surface area contributed by atoms with Crippen LogP contribution in [0.5, 0.6) is 5.75 Å². The van der Waals surface area contributed by atoms with Gasteiger partial charge >= 0.3 is 0 Å². The zero-order chi connectivity index (χ0) is 43.5. The third kappa shape index (κ3) is 7.35. The van der Waals surface area contributed by atoms with Crippen LogP contribution in [-0.4, -0.2) is 124 Å². The lowest BCUT2D eigenvalue weighted by Gasteiger charge is -2.53. The number of carbonyl (C=O) groups excluding carboxylic acids is 5. The predicted octanol–water partition coefficient (Wildman–Crippen LogP) is 4.21. The number of amides is 5. The normalized spacial score (nSPS) is 22.4. The van der Waals surface area contributed by atoms with E-state index in [0.717, 1.165) is 93.3 Å². The quantitative estimate of drug-likeness (QED) is 0.204. The van der Waals surface area contributed by atoms with Gasteiger partial charge in [-0.2, -0.15) is 0 Å². The maximum Gasteiger partial charge on any atom is 0.262 e. The summed E-state index contributed by atoms with van der Waals surface area (Å²) in [7, 11) is 0. The molecule has 1 atom stereocenters. The van der Waals surface area contributed by atoms with E-state index in [4.69, 9.17) is 5.73 Å². The van der Waals surface area contributed by atoms with Crippen molar-refractivity contribution in [3.8, 4) is 17.0 Å². The first-order chi connectivity index (χ1) is 30.5. The van der Waals surface area contributed by atoms with Crippen molar-refractivity contribution in [1.82, 2.24) is 30.2 Å². The number of nitrogen functional groups attached to an aromatic ring is 1. The van der Waals surface area contributed by atoms with Gasteiger partial charge in [0, 0.05) is 68.9 Å². The summed E-state index contributed by atoms with van der Waals surface area (Å²) < 4.78 is 0. The maximum absolute atomic E-state index is 14.7. The molecule has 5 saturated heterocycles. The summed E-state index contributed by atoms with van der Waals surface area (Å²) in [5, 5.41) is 21.2. The molecule has 15 nitrogen and oxygen atoms in total. The van der Waals surface area contributed by atoms with Crippen LogP contribution in [-0.2, 0) is 19.8 Å². The number of benzene rings is 3. The minimum atomic E-state index is -0.974. The molecule has 6 aliphatic heterocycles. The van der Waals surface area contributed by atoms with E-state index >= 15 is 0 Å². The lowest BCUT2D eigenvalue weighted by atomic mass is 9.69. The smallest absolute Gasteiger partial charge is 0.262 e. The van der Waals surface area contributed by atoms with Gasteiger partial charge < -0.3 is 30.4 Å². The van der Waals surface area contributed by atoms with Crippen molar-refractivity contribution in [3.63, 3.8) is 0 Å². The van der Waals surface area contributed by atoms with Crippen molar-refractivity contribution in [2.75, 3.05) is 74.4 Å². The largest absolute Gasteiger partial charge is 0.507 e. The Balaban J connectivity index is 0.720. The van der Waals surface area contributed by atoms with Gasteiger partial charge in [-0.1, -0.05) is 42.5 Å². The molecule has 3 aromatic carbocycles. The van der Waals surface area contributed by atoms with Crippen LogP contribution in [0.25, 0.3) is 11.3 Å². The van der Waals surface area contributed by atoms with Crippen LogP contribution in [0.4, 0.5) is 17.2 Å². The third-order valence-corrected chi connectivity index (χ3v) is 14.8. The number of rotatable bonds is 9. The molecule has 0 aliphatic carbocycles. The Kier molecular flexibility index (Phi) is 10.4. The second-order valence-corrected chi connectivity index (χ2v) is 18.5. The molecule has 1 aromatic heterocycles. The summed E-state index contributed by atoms with van der Waals surface area (Å²) in [4.78, 5) is 75.6. The number of aromatic hydroxyl groups is 1. The number of carbonyl (C=O) groups is 5. The molecule has 4 aromatic rings. The number of para-hydroxylation sites is 1. The van der Waals surface area contributed by atoms with Crippen molar-refractivity contribution in [1.29, 1.82) is 0 Å². The van der Waals surface area contributed by atoms with E-state index in [1.807, 2.05) is 36.4 Å². The highest BCUT2D eigenvalue weighted by molar-refractivity contribution is 6.23. The van der Waals surface area contributed by atoms with Crippen LogP contribution >= 0.6 is 0 Å². The number of aromatic nitrogens is 2. The van der Waals surface area contributed by atoms with Crippen LogP contribution in [0.15, 0.2) is 78.9 Å². The number of phenolic OH excluding ortho intramolecular Hbond substituents is 1. The summed E-state index contributed by atoms with van der Waals surface area (Å²) in [6.45, 7) is 7.62. The Morgan fingerprint density at radius 3 is 2.24 bits per heavy atom. The second-order valence-electron chi connectivity index (χ2n) is 18.5. The topological polar surface area (TPSA) is 186 Å². The van der Waals surface area contributed by atoms with Crippen LogP contribution in [0.2, 0.25) is 0 Å². The van der Waals surface area contributed by atoms with Crippen molar-refractivity contribution in [3.05, 3.63) is 95.6 Å². The molecule has 4 N–H and O–H groups in total. The molecule has 10 rings (SSSR count). The fourth-order valence-electron chi connectivity index (χ4n) is 11.2. The standard InChI is InChI=1S/C48H53N9O6/c49-42-39(27-37(51-52-42)35-8-4-5-9-40(35)58)55-24-18-48(19-25-55,32-6-2-1-3-7-32)46(63)56-29-47(30-56)17-23-53(28-47)20-14-31-15-21-54(22-16-31)33-10-11-34-36(26-33)45(62)57(44(34)61)38-12-13-41(59)50-43(38)60/h1-11,26-27,31,38,58H,12-25,28-30H2,(H2,49,52)(H,50,59,60). The van der Waals surface area contributed by atoms with Crippen molar-refractivity contribution >= 4 is 46.7 Å². The second kappa shape index (κ2) is 16.1. The van der Waals surface area contributed by atoms with E-state index in [0.29, 0.717) is 60.1 Å².